The average molecular weight is 840 g/mol. The molecule has 8 rings (SSSR count). The van der Waals surface area contributed by atoms with E-state index in [1.807, 2.05) is 11.0 Å². The Morgan fingerprint density at radius 1 is 0.934 bits per heavy atom. The third-order valence-electron chi connectivity index (χ3n) is 12.0. The number of benzene rings is 2. The first-order valence-electron chi connectivity index (χ1n) is 20.5. The third kappa shape index (κ3) is 8.50. The number of halogens is 4. The molecule has 1 unspecified atom stereocenters. The van der Waals surface area contributed by atoms with Crippen molar-refractivity contribution < 1.29 is 36.7 Å². The molecule has 2 fully saturated rings. The maximum Gasteiger partial charge on any atom is 0.269 e. The van der Waals surface area contributed by atoms with E-state index in [9.17, 15) is 19.2 Å². The minimum absolute atomic E-state index is 0.0382. The number of anilines is 1. The summed E-state index contributed by atoms with van der Waals surface area (Å²) in [6.45, 7) is 1.86. The van der Waals surface area contributed by atoms with Crippen molar-refractivity contribution in [2.75, 3.05) is 45.2 Å². The van der Waals surface area contributed by atoms with Crippen LogP contribution in [0.15, 0.2) is 55.0 Å². The molecule has 4 amide bonds. The summed E-state index contributed by atoms with van der Waals surface area (Å²) in [5.74, 6) is -5.03. The van der Waals surface area contributed by atoms with Gasteiger partial charge in [0, 0.05) is 82.0 Å². The molecule has 17 heteroatoms. The molecule has 0 saturated carbocycles. The predicted molar refractivity (Wildman–Crippen MR) is 218 cm³/mol. The SMILES string of the molecule is CN(C)C(=O)c1cc2c(-c3ccc(CCC4CCN(c5ncc(C6CCC(=O)NC6=O)cc5F)CC4)c(F)c3F)cc(C3=CCCN(C(=O)CCn4ccnn4)C3)c(F)c2[nH]1. The summed E-state index contributed by atoms with van der Waals surface area (Å²) in [6, 6.07) is 7.24. The second kappa shape index (κ2) is 17.3. The van der Waals surface area contributed by atoms with Gasteiger partial charge in [-0.1, -0.05) is 23.4 Å². The van der Waals surface area contributed by atoms with Gasteiger partial charge < -0.3 is 19.7 Å². The van der Waals surface area contributed by atoms with Crippen molar-refractivity contribution in [3.8, 4) is 11.1 Å². The van der Waals surface area contributed by atoms with E-state index in [1.165, 1.54) is 47.6 Å². The maximum atomic E-state index is 16.5. The normalized spacial score (nSPS) is 17.5. The highest BCUT2D eigenvalue weighted by molar-refractivity contribution is 6.05. The summed E-state index contributed by atoms with van der Waals surface area (Å²) in [5, 5.41) is 10.2. The third-order valence-corrected chi connectivity index (χ3v) is 12.0. The number of fused-ring (bicyclic) bond motifs is 1. The number of hydrogen-bond donors (Lipinski definition) is 2. The molecule has 0 bridgehead atoms. The Morgan fingerprint density at radius 2 is 1.74 bits per heavy atom. The fraction of sp³-hybridized carbons (Fsp3) is 0.386. The lowest BCUT2D eigenvalue weighted by molar-refractivity contribution is -0.134. The van der Waals surface area contributed by atoms with Gasteiger partial charge in [0.25, 0.3) is 5.91 Å². The Balaban J connectivity index is 0.982. The topological polar surface area (TPSA) is 149 Å². The maximum absolute atomic E-state index is 16.5. The van der Waals surface area contributed by atoms with E-state index in [1.54, 1.807) is 29.9 Å². The Labute approximate surface area is 348 Å². The molecule has 2 aromatic carbocycles. The summed E-state index contributed by atoms with van der Waals surface area (Å²) in [6.07, 6.45) is 9.76. The van der Waals surface area contributed by atoms with E-state index in [0.717, 1.165) is 0 Å². The van der Waals surface area contributed by atoms with Crippen molar-refractivity contribution in [3.05, 3.63) is 101 Å². The fourth-order valence-electron chi connectivity index (χ4n) is 8.61. The Bertz CT molecular complexity index is 2550. The fourth-order valence-corrected chi connectivity index (χ4v) is 8.61. The minimum atomic E-state index is -1.10. The molecule has 2 saturated heterocycles. The second-order valence-corrected chi connectivity index (χ2v) is 16.2. The van der Waals surface area contributed by atoms with Gasteiger partial charge in [0.15, 0.2) is 29.1 Å². The van der Waals surface area contributed by atoms with Crippen molar-refractivity contribution in [1.82, 2.24) is 40.1 Å². The summed E-state index contributed by atoms with van der Waals surface area (Å²) in [5.41, 5.74) is 1.35. The van der Waals surface area contributed by atoms with E-state index < -0.39 is 41.0 Å². The van der Waals surface area contributed by atoms with Gasteiger partial charge in [-0.25, -0.2) is 22.5 Å². The van der Waals surface area contributed by atoms with Gasteiger partial charge in [-0.05, 0) is 84.9 Å². The molecule has 3 aliphatic rings. The second-order valence-electron chi connectivity index (χ2n) is 16.2. The van der Waals surface area contributed by atoms with E-state index in [-0.39, 0.29) is 88.2 Å². The van der Waals surface area contributed by atoms with Gasteiger partial charge in [-0.3, -0.25) is 29.2 Å². The molecular formula is C44H45F4N9O4. The van der Waals surface area contributed by atoms with E-state index in [4.69, 9.17) is 0 Å². The number of pyridine rings is 1. The number of nitrogens with one attached hydrogen (secondary N) is 2. The number of carbonyl (C=O) groups is 4. The van der Waals surface area contributed by atoms with Crippen LogP contribution in [0.3, 0.4) is 0 Å². The number of aromatic amines is 1. The molecule has 6 heterocycles. The van der Waals surface area contributed by atoms with Crippen molar-refractivity contribution >= 4 is 45.9 Å². The Hall–Kier alpha value is -6.39. The first kappa shape index (κ1) is 41.3. The van der Waals surface area contributed by atoms with Crippen LogP contribution in [0.25, 0.3) is 27.6 Å². The molecule has 1 atom stereocenters. The first-order valence-corrected chi connectivity index (χ1v) is 20.5. The number of carbonyl (C=O) groups excluding carboxylic acids is 4. The zero-order valence-electron chi connectivity index (χ0n) is 33.8. The molecule has 5 aromatic rings. The predicted octanol–water partition coefficient (Wildman–Crippen LogP) is 6.16. The number of rotatable bonds is 11. The molecular weight excluding hydrogens is 795 g/mol. The lowest BCUT2D eigenvalue weighted by atomic mass is 9.89. The number of hydrogen-bond acceptors (Lipinski definition) is 8. The van der Waals surface area contributed by atoms with Crippen LogP contribution in [0.4, 0.5) is 23.4 Å². The lowest BCUT2D eigenvalue weighted by Gasteiger charge is -2.33. The molecule has 61 heavy (non-hydrogen) atoms. The number of aromatic nitrogens is 5. The highest BCUT2D eigenvalue weighted by Crippen LogP contribution is 2.39. The van der Waals surface area contributed by atoms with Gasteiger partial charge in [0.05, 0.1) is 24.2 Å². The van der Waals surface area contributed by atoms with Crippen LogP contribution in [0.2, 0.25) is 0 Å². The number of amides is 4. The Kier molecular flexibility index (Phi) is 11.7. The van der Waals surface area contributed by atoms with Gasteiger partial charge in [0.1, 0.15) is 5.69 Å². The number of nitrogens with zero attached hydrogens (tertiary/aromatic N) is 7. The highest BCUT2D eigenvalue weighted by atomic mass is 19.2. The molecule has 2 N–H and O–H groups in total. The van der Waals surface area contributed by atoms with Crippen LogP contribution in [-0.4, -0.2) is 98.7 Å². The monoisotopic (exact) mass is 839 g/mol. The summed E-state index contributed by atoms with van der Waals surface area (Å²) < 4.78 is 65.7. The van der Waals surface area contributed by atoms with Crippen LogP contribution < -0.4 is 10.2 Å². The van der Waals surface area contributed by atoms with Crippen LogP contribution in [-0.2, 0) is 27.3 Å². The van der Waals surface area contributed by atoms with Crippen LogP contribution in [0.1, 0.15) is 78.0 Å². The van der Waals surface area contributed by atoms with Crippen molar-refractivity contribution in [3.63, 3.8) is 0 Å². The van der Waals surface area contributed by atoms with Crippen LogP contribution >= 0.6 is 0 Å². The summed E-state index contributed by atoms with van der Waals surface area (Å²) >= 11 is 0. The van der Waals surface area contributed by atoms with Gasteiger partial charge in [-0.2, -0.15) is 0 Å². The number of piperidine rings is 2. The van der Waals surface area contributed by atoms with Gasteiger partial charge in [0.2, 0.25) is 17.7 Å². The summed E-state index contributed by atoms with van der Waals surface area (Å²) in [7, 11) is 3.11. The van der Waals surface area contributed by atoms with Gasteiger partial charge in [-0.15, -0.1) is 5.10 Å². The van der Waals surface area contributed by atoms with Crippen molar-refractivity contribution in [2.45, 2.75) is 63.8 Å². The number of aryl methyl sites for hydroxylation is 2. The number of H-pyrrole nitrogens is 1. The molecule has 3 aliphatic heterocycles. The van der Waals surface area contributed by atoms with Crippen LogP contribution in [0.5, 0.6) is 0 Å². The lowest BCUT2D eigenvalue weighted by Crippen LogP contribution is -2.39. The van der Waals surface area contributed by atoms with E-state index in [0.29, 0.717) is 69.4 Å². The largest absolute Gasteiger partial charge is 0.354 e. The quantitative estimate of drug-likeness (QED) is 0.119. The average Bonchev–Trinajstić information content (AvgIpc) is 3.95. The minimum Gasteiger partial charge on any atom is -0.354 e. The highest BCUT2D eigenvalue weighted by Gasteiger charge is 2.31. The van der Waals surface area contributed by atoms with E-state index in [2.05, 4.69) is 25.6 Å². The first-order chi connectivity index (χ1) is 29.4. The Morgan fingerprint density at radius 3 is 2.46 bits per heavy atom. The van der Waals surface area contributed by atoms with Crippen LogP contribution in [0, 0.1) is 29.2 Å². The molecule has 13 nitrogen and oxygen atoms in total. The zero-order chi connectivity index (χ0) is 42.9. The number of imide groups is 1. The standard InChI is InChI=1S/C44H45F4N9O4/c1-54(2)44(61)35-22-33-32(21-31(40(48)41(33)51-35)27-4-3-15-56(24-27)37(59)13-18-57-19-14-50-53-57)30-8-7-26(38(46)39(30)47)6-5-25-11-16-55(17-12-25)42-34(45)20-28(23-49-42)29-9-10-36(58)52-43(29)60/h4,7-8,14,19-23,25,29,51H,3,5-6,9-13,15-18,24H2,1-2H3,(H,52,58,60). The van der Waals surface area contributed by atoms with Crippen molar-refractivity contribution in [2.24, 2.45) is 5.92 Å². The smallest absolute Gasteiger partial charge is 0.269 e. The molecule has 3 aromatic heterocycles. The molecule has 318 valence electrons. The molecule has 0 aliphatic carbocycles. The molecule has 0 radical (unpaired) electrons. The molecule has 0 spiro atoms. The zero-order valence-corrected chi connectivity index (χ0v) is 33.8. The van der Waals surface area contributed by atoms with E-state index >= 15 is 17.6 Å². The van der Waals surface area contributed by atoms with Gasteiger partial charge >= 0.3 is 0 Å². The summed E-state index contributed by atoms with van der Waals surface area (Å²) in [4.78, 5) is 62.0. The van der Waals surface area contributed by atoms with Crippen molar-refractivity contribution in [1.29, 1.82) is 0 Å².